The maximum atomic E-state index is 12.2. The number of carbonyl (C=O) groups is 1. The minimum atomic E-state index is -0.398. The second-order valence-corrected chi connectivity index (χ2v) is 6.13. The Kier molecular flexibility index (Phi) is 7.97. The average molecular weight is 358 g/mol. The first kappa shape index (κ1) is 19.8. The van der Waals surface area contributed by atoms with Gasteiger partial charge in [0.2, 0.25) is 0 Å². The second-order valence-electron chi connectivity index (χ2n) is 6.13. The predicted octanol–water partition coefficient (Wildman–Crippen LogP) is 3.08. The van der Waals surface area contributed by atoms with Crippen LogP contribution in [-0.4, -0.2) is 38.9 Å². The van der Waals surface area contributed by atoms with Crippen LogP contribution in [0.4, 0.5) is 0 Å². The topological polar surface area (TPSA) is 80.6 Å². The number of nitrogens with zero attached hydrogens (tertiary/aromatic N) is 1. The molecule has 0 aliphatic carbocycles. The maximum Gasteiger partial charge on any atom is 0.262 e. The zero-order valence-corrected chi connectivity index (χ0v) is 15.4. The summed E-state index contributed by atoms with van der Waals surface area (Å²) in [6.45, 7) is 3.87. The lowest BCUT2D eigenvalue weighted by atomic mass is 10.1. The van der Waals surface area contributed by atoms with Gasteiger partial charge in [-0.2, -0.15) is 5.26 Å². The molecule has 1 fully saturated rings. The molecule has 0 unspecified atom stereocenters. The molecule has 0 bridgehead atoms. The zero-order valence-electron chi connectivity index (χ0n) is 15.4. The molecule has 2 rings (SSSR count). The van der Waals surface area contributed by atoms with Gasteiger partial charge >= 0.3 is 0 Å². The van der Waals surface area contributed by atoms with E-state index >= 15 is 0 Å². The smallest absolute Gasteiger partial charge is 0.262 e. The third-order valence-electron chi connectivity index (χ3n) is 4.13. The molecular formula is C20H26N2O4. The van der Waals surface area contributed by atoms with Crippen LogP contribution in [0, 0.1) is 11.3 Å². The van der Waals surface area contributed by atoms with Gasteiger partial charge in [-0.3, -0.25) is 4.79 Å². The number of ether oxygens (including phenoxy) is 3. The lowest BCUT2D eigenvalue weighted by molar-refractivity contribution is -0.117. The Morgan fingerprint density at radius 3 is 2.96 bits per heavy atom. The van der Waals surface area contributed by atoms with Crippen LogP contribution in [0.15, 0.2) is 23.8 Å². The summed E-state index contributed by atoms with van der Waals surface area (Å²) in [6, 6.07) is 7.30. The van der Waals surface area contributed by atoms with E-state index in [1.807, 2.05) is 6.07 Å². The van der Waals surface area contributed by atoms with E-state index < -0.39 is 5.91 Å². The Balaban J connectivity index is 2.04. The predicted molar refractivity (Wildman–Crippen MR) is 99.0 cm³/mol. The molecule has 6 heteroatoms. The summed E-state index contributed by atoms with van der Waals surface area (Å²) >= 11 is 0. The molecule has 6 nitrogen and oxygen atoms in total. The van der Waals surface area contributed by atoms with Crippen LogP contribution >= 0.6 is 0 Å². The average Bonchev–Trinajstić information content (AvgIpc) is 3.18. The lowest BCUT2D eigenvalue weighted by Crippen LogP contribution is -2.32. The molecule has 1 N–H and O–H groups in total. The van der Waals surface area contributed by atoms with Gasteiger partial charge in [-0.15, -0.1) is 0 Å². The summed E-state index contributed by atoms with van der Waals surface area (Å²) in [5, 5.41) is 12.1. The zero-order chi connectivity index (χ0) is 18.8. The van der Waals surface area contributed by atoms with Gasteiger partial charge in [-0.1, -0.05) is 19.4 Å². The monoisotopic (exact) mass is 358 g/mol. The van der Waals surface area contributed by atoms with E-state index in [1.54, 1.807) is 31.4 Å². The highest BCUT2D eigenvalue weighted by Gasteiger charge is 2.17. The van der Waals surface area contributed by atoms with Crippen molar-refractivity contribution in [2.75, 3.05) is 26.9 Å². The fourth-order valence-corrected chi connectivity index (χ4v) is 2.64. The van der Waals surface area contributed by atoms with Crippen molar-refractivity contribution in [1.82, 2.24) is 5.32 Å². The number of nitrogens with one attached hydrogen (secondary N) is 1. The largest absolute Gasteiger partial charge is 0.493 e. The summed E-state index contributed by atoms with van der Waals surface area (Å²) in [6.07, 6.45) is 5.54. The quantitative estimate of drug-likeness (QED) is 0.417. The van der Waals surface area contributed by atoms with E-state index in [2.05, 4.69) is 12.2 Å². The van der Waals surface area contributed by atoms with E-state index in [4.69, 9.17) is 14.2 Å². The van der Waals surface area contributed by atoms with E-state index in [0.29, 0.717) is 30.2 Å². The van der Waals surface area contributed by atoms with Crippen molar-refractivity contribution in [1.29, 1.82) is 5.26 Å². The van der Waals surface area contributed by atoms with Crippen molar-refractivity contribution < 1.29 is 19.0 Å². The Morgan fingerprint density at radius 1 is 1.46 bits per heavy atom. The molecule has 1 aliphatic heterocycles. The molecule has 1 saturated heterocycles. The molecule has 1 aromatic rings. The van der Waals surface area contributed by atoms with Crippen molar-refractivity contribution in [3.05, 3.63) is 29.3 Å². The van der Waals surface area contributed by atoms with Crippen LogP contribution in [-0.2, 0) is 9.53 Å². The van der Waals surface area contributed by atoms with E-state index in [-0.39, 0.29) is 11.7 Å². The normalized spacial score (nSPS) is 16.8. The first-order chi connectivity index (χ1) is 12.7. The van der Waals surface area contributed by atoms with Gasteiger partial charge in [0, 0.05) is 13.2 Å². The van der Waals surface area contributed by atoms with Crippen molar-refractivity contribution in [3.8, 4) is 17.6 Å². The van der Waals surface area contributed by atoms with Gasteiger partial charge < -0.3 is 19.5 Å². The lowest BCUT2D eigenvalue weighted by Gasteiger charge is -2.12. The van der Waals surface area contributed by atoms with Crippen LogP contribution in [0.25, 0.3) is 6.08 Å². The molecule has 1 atom stereocenters. The van der Waals surface area contributed by atoms with Crippen molar-refractivity contribution in [3.63, 3.8) is 0 Å². The number of hydrogen-bond acceptors (Lipinski definition) is 5. The molecule has 0 spiro atoms. The SMILES string of the molecule is CCCCOc1ccc(/C=C(\C#N)C(=O)NC[C@H]2CCCO2)cc1OC. The Morgan fingerprint density at radius 2 is 2.31 bits per heavy atom. The minimum absolute atomic E-state index is 0.0403. The van der Waals surface area contributed by atoms with Crippen LogP contribution in [0.1, 0.15) is 38.2 Å². The molecule has 1 aromatic carbocycles. The summed E-state index contributed by atoms with van der Waals surface area (Å²) in [5.74, 6) is 0.830. The maximum absolute atomic E-state index is 12.2. The van der Waals surface area contributed by atoms with Gasteiger partial charge in [0.1, 0.15) is 11.6 Å². The number of unbranched alkanes of at least 4 members (excludes halogenated alkanes) is 1. The van der Waals surface area contributed by atoms with Crippen LogP contribution in [0.3, 0.4) is 0 Å². The third kappa shape index (κ3) is 5.78. The van der Waals surface area contributed by atoms with Gasteiger partial charge in [-0.05, 0) is 43.0 Å². The van der Waals surface area contributed by atoms with Crippen molar-refractivity contribution in [2.45, 2.75) is 38.7 Å². The van der Waals surface area contributed by atoms with Crippen molar-refractivity contribution in [2.24, 2.45) is 0 Å². The summed E-state index contributed by atoms with van der Waals surface area (Å²) < 4.78 is 16.5. The molecule has 0 aromatic heterocycles. The van der Waals surface area contributed by atoms with Gasteiger partial charge in [0.05, 0.1) is 19.8 Å². The molecule has 1 aliphatic rings. The number of amides is 1. The fourth-order valence-electron chi connectivity index (χ4n) is 2.64. The Bertz CT molecular complexity index is 673. The van der Waals surface area contributed by atoms with Crippen LogP contribution in [0.2, 0.25) is 0 Å². The molecule has 0 saturated carbocycles. The molecule has 0 radical (unpaired) electrons. The molecule has 1 amide bonds. The van der Waals surface area contributed by atoms with E-state index in [0.717, 1.165) is 32.3 Å². The number of hydrogen-bond donors (Lipinski definition) is 1. The summed E-state index contributed by atoms with van der Waals surface area (Å²) in [5.41, 5.74) is 0.748. The number of nitriles is 1. The van der Waals surface area contributed by atoms with Crippen molar-refractivity contribution >= 4 is 12.0 Å². The molecule has 140 valence electrons. The van der Waals surface area contributed by atoms with Gasteiger partial charge in [-0.25, -0.2) is 0 Å². The number of carbonyl (C=O) groups excluding carboxylic acids is 1. The first-order valence-electron chi connectivity index (χ1n) is 9.00. The van der Waals surface area contributed by atoms with Crippen LogP contribution < -0.4 is 14.8 Å². The summed E-state index contributed by atoms with van der Waals surface area (Å²) in [4.78, 5) is 12.2. The third-order valence-corrected chi connectivity index (χ3v) is 4.13. The molecular weight excluding hydrogens is 332 g/mol. The highest BCUT2D eigenvalue weighted by atomic mass is 16.5. The van der Waals surface area contributed by atoms with Gasteiger partial charge in [0.25, 0.3) is 5.91 Å². The molecule has 26 heavy (non-hydrogen) atoms. The Hall–Kier alpha value is -2.52. The second kappa shape index (κ2) is 10.5. The van der Waals surface area contributed by atoms with E-state index in [1.165, 1.54) is 0 Å². The van der Waals surface area contributed by atoms with E-state index in [9.17, 15) is 10.1 Å². The fraction of sp³-hybridized carbons (Fsp3) is 0.500. The standard InChI is InChI=1S/C20H26N2O4/c1-3-4-9-26-18-8-7-15(12-19(18)24-2)11-16(13-21)20(23)22-14-17-6-5-10-25-17/h7-8,11-12,17H,3-6,9-10,14H2,1-2H3,(H,22,23)/b16-11+/t17-/m1/s1. The number of rotatable bonds is 9. The molecule has 1 heterocycles. The number of methoxy groups -OCH3 is 1. The van der Waals surface area contributed by atoms with Gasteiger partial charge in [0.15, 0.2) is 11.5 Å². The summed E-state index contributed by atoms with van der Waals surface area (Å²) in [7, 11) is 1.56. The highest BCUT2D eigenvalue weighted by Crippen LogP contribution is 2.29. The highest BCUT2D eigenvalue weighted by molar-refractivity contribution is 6.01. The van der Waals surface area contributed by atoms with Crippen LogP contribution in [0.5, 0.6) is 11.5 Å². The minimum Gasteiger partial charge on any atom is -0.493 e. The Labute approximate surface area is 154 Å². The first-order valence-corrected chi connectivity index (χ1v) is 9.00. The number of benzene rings is 1.